The molecule has 0 radical (unpaired) electrons. The van der Waals surface area contributed by atoms with Gasteiger partial charge < -0.3 is 5.11 Å². The molecule has 1 aromatic rings. The molecular formula is C12H18FNO5S2. The van der Waals surface area contributed by atoms with Crippen LogP contribution in [0.2, 0.25) is 0 Å². The van der Waals surface area contributed by atoms with Crippen LogP contribution in [0.1, 0.15) is 13.3 Å². The van der Waals surface area contributed by atoms with E-state index in [1.54, 1.807) is 0 Å². The Hall–Kier alpha value is -1.03. The normalized spacial score (nSPS) is 14.4. The van der Waals surface area contributed by atoms with Crippen LogP contribution in [0.15, 0.2) is 28.0 Å². The predicted octanol–water partition coefficient (Wildman–Crippen LogP) is 0.621. The summed E-state index contributed by atoms with van der Waals surface area (Å²) >= 11 is 0. The summed E-state index contributed by atoms with van der Waals surface area (Å²) in [6.45, 7) is 1.49. The van der Waals surface area contributed by atoms with E-state index in [0.29, 0.717) is 0 Å². The molecular weight excluding hydrogens is 321 g/mol. The average Bonchev–Trinajstić information content (AvgIpc) is 2.34. The standard InChI is InChI=1S/C12H18FNO5S2/c1-9(15)6-7-14(2)21(18,19)12-8-10(20(3,16)17)4-5-11(12)13/h4-5,8-9,15H,6-7H2,1-3H3. The second kappa shape index (κ2) is 6.39. The Balaban J connectivity index is 3.25. The molecule has 0 aromatic heterocycles. The summed E-state index contributed by atoms with van der Waals surface area (Å²) in [6, 6.07) is 2.63. The van der Waals surface area contributed by atoms with Gasteiger partial charge in [0.25, 0.3) is 0 Å². The summed E-state index contributed by atoms with van der Waals surface area (Å²) in [7, 11) is -6.57. The molecule has 9 heteroatoms. The van der Waals surface area contributed by atoms with Crippen LogP contribution in [0.25, 0.3) is 0 Å². The van der Waals surface area contributed by atoms with E-state index in [1.165, 1.54) is 14.0 Å². The highest BCUT2D eigenvalue weighted by molar-refractivity contribution is 7.91. The van der Waals surface area contributed by atoms with Crippen molar-refractivity contribution in [3.05, 3.63) is 24.0 Å². The lowest BCUT2D eigenvalue weighted by atomic mass is 10.3. The molecule has 0 aliphatic heterocycles. The molecule has 0 aliphatic carbocycles. The second-order valence-corrected chi connectivity index (χ2v) is 8.86. The van der Waals surface area contributed by atoms with E-state index < -0.39 is 36.7 Å². The molecule has 0 saturated heterocycles. The van der Waals surface area contributed by atoms with Gasteiger partial charge in [-0.15, -0.1) is 0 Å². The van der Waals surface area contributed by atoms with Crippen LogP contribution in [0.3, 0.4) is 0 Å². The Morgan fingerprint density at radius 2 is 1.86 bits per heavy atom. The van der Waals surface area contributed by atoms with Crippen molar-refractivity contribution in [2.45, 2.75) is 29.2 Å². The van der Waals surface area contributed by atoms with E-state index in [4.69, 9.17) is 5.11 Å². The van der Waals surface area contributed by atoms with Gasteiger partial charge in [0.2, 0.25) is 10.0 Å². The Kier molecular flexibility index (Phi) is 5.48. The van der Waals surface area contributed by atoms with Gasteiger partial charge in [0.1, 0.15) is 10.7 Å². The molecule has 1 N–H and O–H groups in total. The van der Waals surface area contributed by atoms with E-state index >= 15 is 0 Å². The summed E-state index contributed by atoms with van der Waals surface area (Å²) in [4.78, 5) is -0.968. The van der Waals surface area contributed by atoms with Crippen molar-refractivity contribution < 1.29 is 26.3 Å². The molecule has 0 aliphatic rings. The molecule has 1 aromatic carbocycles. The summed E-state index contributed by atoms with van der Waals surface area (Å²) < 4.78 is 62.0. The van der Waals surface area contributed by atoms with Crippen molar-refractivity contribution in [1.29, 1.82) is 0 Å². The van der Waals surface area contributed by atoms with Gasteiger partial charge in [-0.25, -0.2) is 25.5 Å². The fourth-order valence-corrected chi connectivity index (χ4v) is 3.56. The minimum Gasteiger partial charge on any atom is -0.393 e. The lowest BCUT2D eigenvalue weighted by Gasteiger charge is -2.18. The van der Waals surface area contributed by atoms with Crippen LogP contribution < -0.4 is 0 Å². The number of aliphatic hydroxyl groups excluding tert-OH is 1. The topological polar surface area (TPSA) is 91.8 Å². The molecule has 0 heterocycles. The van der Waals surface area contributed by atoms with Gasteiger partial charge in [0, 0.05) is 19.8 Å². The van der Waals surface area contributed by atoms with Crippen molar-refractivity contribution in [3.63, 3.8) is 0 Å². The maximum absolute atomic E-state index is 13.8. The van der Waals surface area contributed by atoms with E-state index in [-0.39, 0.29) is 17.9 Å². The Bertz CT molecular complexity index is 713. The highest BCUT2D eigenvalue weighted by Gasteiger charge is 2.26. The van der Waals surface area contributed by atoms with Gasteiger partial charge >= 0.3 is 0 Å². The first-order valence-corrected chi connectivity index (χ1v) is 9.43. The largest absolute Gasteiger partial charge is 0.393 e. The number of nitrogens with zero attached hydrogens (tertiary/aromatic N) is 1. The number of aliphatic hydroxyl groups is 1. The molecule has 1 unspecified atom stereocenters. The quantitative estimate of drug-likeness (QED) is 0.767. The minimum absolute atomic E-state index is 0.0114. The molecule has 0 bridgehead atoms. The lowest BCUT2D eigenvalue weighted by Crippen LogP contribution is -2.30. The number of sulfone groups is 1. The number of hydrogen-bond acceptors (Lipinski definition) is 5. The monoisotopic (exact) mass is 339 g/mol. The van der Waals surface area contributed by atoms with Crippen molar-refractivity contribution in [2.24, 2.45) is 0 Å². The highest BCUT2D eigenvalue weighted by Crippen LogP contribution is 2.22. The Morgan fingerprint density at radius 1 is 1.29 bits per heavy atom. The average molecular weight is 339 g/mol. The van der Waals surface area contributed by atoms with Gasteiger partial charge in [0.05, 0.1) is 11.0 Å². The van der Waals surface area contributed by atoms with Crippen LogP contribution in [0, 0.1) is 5.82 Å². The zero-order valence-electron chi connectivity index (χ0n) is 11.9. The number of rotatable bonds is 6. The molecule has 1 rings (SSSR count). The lowest BCUT2D eigenvalue weighted by molar-refractivity contribution is 0.177. The van der Waals surface area contributed by atoms with Crippen LogP contribution in [-0.2, 0) is 19.9 Å². The first kappa shape index (κ1) is 18.0. The fraction of sp³-hybridized carbons (Fsp3) is 0.500. The minimum atomic E-state index is -4.17. The summed E-state index contributed by atoms with van der Waals surface area (Å²) in [5.41, 5.74) is 0. The first-order valence-electron chi connectivity index (χ1n) is 6.10. The SMILES string of the molecule is CC(O)CCN(C)S(=O)(=O)c1cc(S(C)(=O)=O)ccc1F. The Labute approximate surface area is 124 Å². The maximum atomic E-state index is 13.8. The van der Waals surface area contributed by atoms with Crippen LogP contribution >= 0.6 is 0 Å². The van der Waals surface area contributed by atoms with Gasteiger partial charge in [-0.05, 0) is 31.5 Å². The molecule has 0 fully saturated rings. The summed E-state index contributed by atoms with van der Waals surface area (Å²) in [5, 5.41) is 9.17. The number of hydrogen-bond donors (Lipinski definition) is 1. The van der Waals surface area contributed by atoms with Gasteiger partial charge in [0.15, 0.2) is 9.84 Å². The van der Waals surface area contributed by atoms with E-state index in [0.717, 1.165) is 28.8 Å². The molecule has 21 heavy (non-hydrogen) atoms. The van der Waals surface area contributed by atoms with E-state index in [9.17, 15) is 21.2 Å². The third kappa shape index (κ3) is 4.47. The molecule has 120 valence electrons. The second-order valence-electron chi connectivity index (χ2n) is 4.83. The summed E-state index contributed by atoms with van der Waals surface area (Å²) in [5.74, 6) is -1.02. The van der Waals surface area contributed by atoms with E-state index in [2.05, 4.69) is 0 Å². The molecule has 0 spiro atoms. The first-order chi connectivity index (χ1) is 9.46. The van der Waals surface area contributed by atoms with Gasteiger partial charge in [-0.3, -0.25) is 0 Å². The zero-order chi connectivity index (χ0) is 16.4. The third-order valence-corrected chi connectivity index (χ3v) is 5.86. The number of halogens is 1. The van der Waals surface area contributed by atoms with Crippen molar-refractivity contribution in [2.75, 3.05) is 19.8 Å². The van der Waals surface area contributed by atoms with Crippen LogP contribution in [-0.4, -0.2) is 52.2 Å². The smallest absolute Gasteiger partial charge is 0.245 e. The van der Waals surface area contributed by atoms with E-state index in [1.807, 2.05) is 0 Å². The van der Waals surface area contributed by atoms with Gasteiger partial charge in [-0.2, -0.15) is 0 Å². The van der Waals surface area contributed by atoms with Crippen LogP contribution in [0.5, 0.6) is 0 Å². The number of sulfonamides is 1. The zero-order valence-corrected chi connectivity index (χ0v) is 13.6. The van der Waals surface area contributed by atoms with Crippen molar-refractivity contribution in [1.82, 2.24) is 4.31 Å². The molecule has 6 nitrogen and oxygen atoms in total. The van der Waals surface area contributed by atoms with Gasteiger partial charge in [-0.1, -0.05) is 0 Å². The third-order valence-electron chi connectivity index (χ3n) is 2.88. The van der Waals surface area contributed by atoms with Crippen molar-refractivity contribution in [3.8, 4) is 0 Å². The highest BCUT2D eigenvalue weighted by atomic mass is 32.2. The molecule has 1 atom stereocenters. The van der Waals surface area contributed by atoms with Crippen LogP contribution in [0.4, 0.5) is 4.39 Å². The Morgan fingerprint density at radius 3 is 2.33 bits per heavy atom. The van der Waals surface area contributed by atoms with Crippen molar-refractivity contribution >= 4 is 19.9 Å². The molecule has 0 amide bonds. The number of benzene rings is 1. The maximum Gasteiger partial charge on any atom is 0.245 e. The summed E-state index contributed by atoms with van der Waals surface area (Å²) in [6.07, 6.45) is 0.395. The fourth-order valence-electron chi connectivity index (χ4n) is 1.57. The predicted molar refractivity (Wildman–Crippen MR) is 75.6 cm³/mol. The molecule has 0 saturated carbocycles.